The summed E-state index contributed by atoms with van der Waals surface area (Å²) in [6, 6.07) is 1.62. The molecule has 8 heteroatoms. The van der Waals surface area contributed by atoms with Crippen molar-refractivity contribution in [2.45, 2.75) is 18.2 Å². The zero-order valence-electron chi connectivity index (χ0n) is 11.0. The molecule has 0 spiro atoms. The molecule has 1 rings (SSSR count). The Morgan fingerprint density at radius 3 is 2.79 bits per heavy atom. The molecule has 0 aliphatic heterocycles. The van der Waals surface area contributed by atoms with Crippen LogP contribution in [0.25, 0.3) is 0 Å². The lowest BCUT2D eigenvalue weighted by atomic mass is 10.4. The molecular formula is C11H19N3O3S2. The summed E-state index contributed by atoms with van der Waals surface area (Å²) >= 11 is 0. The van der Waals surface area contributed by atoms with Gasteiger partial charge in [-0.2, -0.15) is 0 Å². The summed E-state index contributed by atoms with van der Waals surface area (Å²) in [5.41, 5.74) is 0.532. The molecule has 0 saturated carbocycles. The van der Waals surface area contributed by atoms with Crippen molar-refractivity contribution >= 4 is 26.5 Å². The maximum atomic E-state index is 12.1. The van der Waals surface area contributed by atoms with Crippen molar-refractivity contribution in [2.24, 2.45) is 0 Å². The lowest BCUT2D eigenvalue weighted by molar-refractivity contribution is 0.580. The molecule has 0 bridgehead atoms. The Kier molecular flexibility index (Phi) is 6.40. The molecule has 2 N–H and O–H groups in total. The number of hydrogen-bond acceptors (Lipinski definition) is 5. The fraction of sp³-hybridized carbons (Fsp3) is 0.545. The SMILES string of the molecule is CCNc1ccncc1S(=O)(=O)NCCCS(C)=O. The Morgan fingerprint density at radius 2 is 2.16 bits per heavy atom. The van der Waals surface area contributed by atoms with E-state index in [2.05, 4.69) is 15.0 Å². The number of anilines is 1. The molecular weight excluding hydrogens is 286 g/mol. The van der Waals surface area contributed by atoms with Crippen molar-refractivity contribution in [3.63, 3.8) is 0 Å². The Bertz CT molecular complexity index is 532. The van der Waals surface area contributed by atoms with Gasteiger partial charge in [0, 0.05) is 48.3 Å². The highest BCUT2D eigenvalue weighted by molar-refractivity contribution is 7.89. The maximum Gasteiger partial charge on any atom is 0.244 e. The first-order valence-corrected chi connectivity index (χ1v) is 9.16. The van der Waals surface area contributed by atoms with Gasteiger partial charge in [0.25, 0.3) is 0 Å². The zero-order valence-corrected chi connectivity index (χ0v) is 12.7. The van der Waals surface area contributed by atoms with Gasteiger partial charge in [-0.15, -0.1) is 0 Å². The molecule has 19 heavy (non-hydrogen) atoms. The molecule has 0 aliphatic carbocycles. The van der Waals surface area contributed by atoms with Crippen LogP contribution in [-0.2, 0) is 20.8 Å². The van der Waals surface area contributed by atoms with Gasteiger partial charge in [-0.1, -0.05) is 0 Å². The Balaban J connectivity index is 2.74. The molecule has 0 aliphatic rings. The van der Waals surface area contributed by atoms with E-state index < -0.39 is 20.8 Å². The average Bonchev–Trinajstić information content (AvgIpc) is 2.35. The van der Waals surface area contributed by atoms with Crippen LogP contribution >= 0.6 is 0 Å². The van der Waals surface area contributed by atoms with Crippen LogP contribution in [0.15, 0.2) is 23.4 Å². The predicted molar refractivity (Wildman–Crippen MR) is 77.1 cm³/mol. The summed E-state index contributed by atoms with van der Waals surface area (Å²) in [7, 11) is -4.49. The van der Waals surface area contributed by atoms with E-state index in [1.807, 2.05) is 6.92 Å². The van der Waals surface area contributed by atoms with Gasteiger partial charge < -0.3 is 5.32 Å². The summed E-state index contributed by atoms with van der Waals surface area (Å²) in [4.78, 5) is 3.98. The van der Waals surface area contributed by atoms with Gasteiger partial charge >= 0.3 is 0 Å². The maximum absolute atomic E-state index is 12.1. The standard InChI is InChI=1S/C11H19N3O3S2/c1-3-13-10-5-7-12-9-11(10)19(16,17)14-6-4-8-18(2)15/h5,7,9,14H,3-4,6,8H2,1-2H3,(H,12,13). The molecule has 0 saturated heterocycles. The number of sulfonamides is 1. The van der Waals surface area contributed by atoms with Gasteiger partial charge in [0.05, 0.1) is 5.69 Å². The normalized spacial score (nSPS) is 13.2. The third-order valence-electron chi connectivity index (χ3n) is 2.34. The van der Waals surface area contributed by atoms with Crippen molar-refractivity contribution < 1.29 is 12.6 Å². The van der Waals surface area contributed by atoms with Gasteiger partial charge in [-0.25, -0.2) is 13.1 Å². The summed E-state index contributed by atoms with van der Waals surface area (Å²) in [6.07, 6.45) is 4.99. The number of rotatable bonds is 8. The molecule has 1 aromatic heterocycles. The van der Waals surface area contributed by atoms with Gasteiger partial charge in [0.1, 0.15) is 4.90 Å². The molecule has 0 aromatic carbocycles. The van der Waals surface area contributed by atoms with Crippen molar-refractivity contribution in [3.8, 4) is 0 Å². The van der Waals surface area contributed by atoms with E-state index in [1.54, 1.807) is 12.3 Å². The molecule has 1 heterocycles. The van der Waals surface area contributed by atoms with Crippen LogP contribution in [0, 0.1) is 0 Å². The third-order valence-corrected chi connectivity index (χ3v) is 4.69. The summed E-state index contributed by atoms with van der Waals surface area (Å²) < 4.78 is 37.6. The minimum atomic E-state index is -3.59. The number of hydrogen-bond donors (Lipinski definition) is 2. The van der Waals surface area contributed by atoms with E-state index in [4.69, 9.17) is 0 Å². The summed E-state index contributed by atoms with van der Waals surface area (Å²) in [5.74, 6) is 0.482. The Hall–Kier alpha value is -0.990. The molecule has 0 fully saturated rings. The van der Waals surface area contributed by atoms with Crippen LogP contribution in [-0.4, -0.2) is 42.7 Å². The zero-order chi connectivity index (χ0) is 14.3. The number of nitrogens with zero attached hydrogens (tertiary/aromatic N) is 1. The minimum Gasteiger partial charge on any atom is -0.384 e. The van der Waals surface area contributed by atoms with E-state index >= 15 is 0 Å². The first-order valence-electron chi connectivity index (χ1n) is 5.95. The van der Waals surface area contributed by atoms with Crippen molar-refractivity contribution in [1.29, 1.82) is 0 Å². The van der Waals surface area contributed by atoms with Gasteiger partial charge in [0.2, 0.25) is 10.0 Å². The molecule has 6 nitrogen and oxygen atoms in total. The van der Waals surface area contributed by atoms with Gasteiger partial charge in [0.15, 0.2) is 0 Å². The van der Waals surface area contributed by atoms with Gasteiger partial charge in [-0.3, -0.25) is 9.19 Å². The third kappa shape index (κ3) is 5.25. The molecule has 1 unspecified atom stereocenters. The molecule has 108 valence electrons. The molecule has 0 amide bonds. The fourth-order valence-electron chi connectivity index (χ4n) is 1.49. The number of nitrogens with one attached hydrogen (secondary N) is 2. The Morgan fingerprint density at radius 1 is 1.42 bits per heavy atom. The molecule has 1 atom stereocenters. The van der Waals surface area contributed by atoms with E-state index in [0.29, 0.717) is 24.4 Å². The minimum absolute atomic E-state index is 0.134. The second kappa shape index (κ2) is 7.56. The lowest BCUT2D eigenvalue weighted by Crippen LogP contribution is -2.26. The van der Waals surface area contributed by atoms with Crippen LogP contribution in [0.3, 0.4) is 0 Å². The highest BCUT2D eigenvalue weighted by Crippen LogP contribution is 2.18. The monoisotopic (exact) mass is 305 g/mol. The quantitative estimate of drug-likeness (QED) is 0.685. The van der Waals surface area contributed by atoms with Crippen molar-refractivity contribution in [3.05, 3.63) is 18.5 Å². The van der Waals surface area contributed by atoms with E-state index in [0.717, 1.165) is 0 Å². The van der Waals surface area contributed by atoms with Crippen LogP contribution in [0.4, 0.5) is 5.69 Å². The largest absolute Gasteiger partial charge is 0.384 e. The van der Waals surface area contributed by atoms with E-state index in [-0.39, 0.29) is 11.4 Å². The van der Waals surface area contributed by atoms with E-state index in [1.165, 1.54) is 12.4 Å². The van der Waals surface area contributed by atoms with Gasteiger partial charge in [-0.05, 0) is 19.4 Å². The predicted octanol–water partition coefficient (Wildman–Crippen LogP) is 0.560. The topological polar surface area (TPSA) is 88.2 Å². The first kappa shape index (κ1) is 16.1. The molecule has 1 aromatic rings. The number of aromatic nitrogens is 1. The van der Waals surface area contributed by atoms with Crippen molar-refractivity contribution in [1.82, 2.24) is 9.71 Å². The van der Waals surface area contributed by atoms with Crippen molar-refractivity contribution in [2.75, 3.05) is 30.4 Å². The Labute approximate surface area is 116 Å². The van der Waals surface area contributed by atoms with Crippen LogP contribution in [0.1, 0.15) is 13.3 Å². The van der Waals surface area contributed by atoms with Crippen LogP contribution < -0.4 is 10.0 Å². The number of pyridine rings is 1. The smallest absolute Gasteiger partial charge is 0.244 e. The second-order valence-corrected chi connectivity index (χ2v) is 7.22. The fourth-order valence-corrected chi connectivity index (χ4v) is 3.24. The highest BCUT2D eigenvalue weighted by Gasteiger charge is 2.17. The first-order chi connectivity index (χ1) is 8.97. The van der Waals surface area contributed by atoms with E-state index in [9.17, 15) is 12.6 Å². The lowest BCUT2D eigenvalue weighted by Gasteiger charge is -2.11. The highest BCUT2D eigenvalue weighted by atomic mass is 32.2. The van der Waals surface area contributed by atoms with Crippen LogP contribution in [0.2, 0.25) is 0 Å². The second-order valence-electron chi connectivity index (χ2n) is 3.93. The van der Waals surface area contributed by atoms with Crippen LogP contribution in [0.5, 0.6) is 0 Å². The summed E-state index contributed by atoms with van der Waals surface area (Å²) in [5, 5.41) is 2.98. The summed E-state index contributed by atoms with van der Waals surface area (Å²) in [6.45, 7) is 2.78. The molecule has 0 radical (unpaired) electrons. The average molecular weight is 305 g/mol.